The molecule has 0 aromatic carbocycles. The first kappa shape index (κ1) is 17.9. The second-order valence-electron chi connectivity index (χ2n) is 2.64. The zero-order chi connectivity index (χ0) is 12.9. The van der Waals surface area contributed by atoms with Crippen molar-refractivity contribution in [3.63, 3.8) is 0 Å². The van der Waals surface area contributed by atoms with Crippen LogP contribution in [-0.2, 0) is 13.3 Å². The molecule has 0 unspecified atom stereocenters. The first-order chi connectivity index (χ1) is 7.74. The van der Waals surface area contributed by atoms with Gasteiger partial charge in [-0.15, -0.1) is 0 Å². The molecule has 16 heavy (non-hydrogen) atoms. The zero-order valence-corrected chi connectivity index (χ0v) is 11.7. The van der Waals surface area contributed by atoms with Crippen molar-refractivity contribution in [2.75, 3.05) is 26.9 Å². The van der Waals surface area contributed by atoms with Crippen LogP contribution in [0.15, 0.2) is 0 Å². The molecule has 0 rings (SSSR count). The van der Waals surface area contributed by atoms with Crippen LogP contribution >= 0.6 is 0 Å². The largest absolute Gasteiger partial charge is 0.501 e. The highest BCUT2D eigenvalue weighted by atomic mass is 28.4. The van der Waals surface area contributed by atoms with Crippen LogP contribution in [0, 0.1) is 11.3 Å². The molecule has 6 heteroatoms. The van der Waals surface area contributed by atoms with Gasteiger partial charge in [0.1, 0.15) is 0 Å². The molecule has 0 aliphatic carbocycles. The summed E-state index contributed by atoms with van der Waals surface area (Å²) in [6.45, 7) is 7.43. The van der Waals surface area contributed by atoms with E-state index in [0.717, 1.165) is 7.11 Å². The maximum Gasteiger partial charge on any atom is 0.501 e. The van der Waals surface area contributed by atoms with Crippen LogP contribution in [0.2, 0.25) is 6.04 Å². The third-order valence-electron chi connectivity index (χ3n) is 1.64. The first-order valence-corrected chi connectivity index (χ1v) is 7.41. The molecule has 0 fully saturated rings. The summed E-state index contributed by atoms with van der Waals surface area (Å²) < 4.78 is 16.7. The van der Waals surface area contributed by atoms with E-state index in [1.54, 1.807) is 0 Å². The van der Waals surface area contributed by atoms with E-state index in [1.807, 2.05) is 20.8 Å². The fourth-order valence-corrected chi connectivity index (χ4v) is 3.63. The third kappa shape index (κ3) is 7.79. The Bertz CT molecular complexity index is 167. The first-order valence-electron chi connectivity index (χ1n) is 5.48. The summed E-state index contributed by atoms with van der Waals surface area (Å²) in [5.41, 5.74) is 0. The lowest BCUT2D eigenvalue weighted by Crippen LogP contribution is -2.45. The molecule has 0 saturated heterocycles. The molecule has 0 radical (unpaired) electrons. The SMILES string of the molecule is CCO[Si](CCC#N)(OCC)OCC.CO. The smallest absolute Gasteiger partial charge is 0.400 e. The number of hydrogen-bond acceptors (Lipinski definition) is 5. The molecule has 0 bridgehead atoms. The summed E-state index contributed by atoms with van der Waals surface area (Å²) in [5, 5.41) is 15.5. The van der Waals surface area contributed by atoms with Crippen LogP contribution in [0.4, 0.5) is 0 Å². The van der Waals surface area contributed by atoms with E-state index < -0.39 is 8.80 Å². The Morgan fingerprint density at radius 1 is 1.00 bits per heavy atom. The minimum absolute atomic E-state index is 0.423. The normalized spacial score (nSPS) is 10.2. The van der Waals surface area contributed by atoms with Crippen molar-refractivity contribution in [3.8, 4) is 6.07 Å². The van der Waals surface area contributed by atoms with Crippen molar-refractivity contribution in [3.05, 3.63) is 0 Å². The number of hydrogen-bond donors (Lipinski definition) is 1. The fourth-order valence-electron chi connectivity index (χ4n) is 1.21. The molecule has 0 aliphatic heterocycles. The molecule has 1 N–H and O–H groups in total. The van der Waals surface area contributed by atoms with Crippen LogP contribution in [-0.4, -0.2) is 40.8 Å². The van der Waals surface area contributed by atoms with E-state index >= 15 is 0 Å². The minimum Gasteiger partial charge on any atom is -0.400 e. The van der Waals surface area contributed by atoms with Gasteiger partial charge in [-0.05, 0) is 20.8 Å². The van der Waals surface area contributed by atoms with E-state index in [0.29, 0.717) is 32.3 Å². The summed E-state index contributed by atoms with van der Waals surface area (Å²) in [6, 6.07) is 2.68. The summed E-state index contributed by atoms with van der Waals surface area (Å²) in [4.78, 5) is 0. The van der Waals surface area contributed by atoms with Gasteiger partial charge in [-0.2, -0.15) is 5.26 Å². The molecular formula is C10H23NO4Si. The molecule has 0 spiro atoms. The quantitative estimate of drug-likeness (QED) is 0.661. The summed E-state index contributed by atoms with van der Waals surface area (Å²) in [7, 11) is -1.54. The molecule has 0 aliphatic rings. The molecule has 5 nitrogen and oxygen atoms in total. The highest BCUT2D eigenvalue weighted by Gasteiger charge is 2.39. The Morgan fingerprint density at radius 3 is 1.62 bits per heavy atom. The number of aliphatic hydroxyl groups excluding tert-OH is 1. The Kier molecular flexibility index (Phi) is 14.1. The third-order valence-corrected chi connectivity index (χ3v) is 4.68. The van der Waals surface area contributed by atoms with Crippen molar-refractivity contribution in [2.45, 2.75) is 33.2 Å². The average molecular weight is 249 g/mol. The monoisotopic (exact) mass is 249 g/mol. The lowest BCUT2D eigenvalue weighted by molar-refractivity contribution is 0.0717. The summed E-state index contributed by atoms with van der Waals surface area (Å²) in [5.74, 6) is 0. The molecule has 0 aromatic heterocycles. The van der Waals surface area contributed by atoms with Crippen molar-refractivity contribution in [1.29, 1.82) is 5.26 Å². The molecule has 0 atom stereocenters. The molecular weight excluding hydrogens is 226 g/mol. The zero-order valence-electron chi connectivity index (χ0n) is 10.7. The maximum absolute atomic E-state index is 8.54. The van der Waals surface area contributed by atoms with E-state index in [-0.39, 0.29) is 0 Å². The molecule has 96 valence electrons. The van der Waals surface area contributed by atoms with Crippen LogP contribution in [0.3, 0.4) is 0 Å². The van der Waals surface area contributed by atoms with E-state index in [9.17, 15) is 0 Å². The Labute approximate surface area is 99.3 Å². The van der Waals surface area contributed by atoms with Crippen molar-refractivity contribution >= 4 is 8.80 Å². The highest BCUT2D eigenvalue weighted by molar-refractivity contribution is 6.60. The van der Waals surface area contributed by atoms with E-state index in [1.165, 1.54) is 0 Å². The average Bonchev–Trinajstić information content (AvgIpc) is 2.30. The molecule has 0 heterocycles. The lowest BCUT2D eigenvalue weighted by atomic mass is 10.6. The second kappa shape index (κ2) is 12.6. The Morgan fingerprint density at radius 2 is 1.38 bits per heavy atom. The van der Waals surface area contributed by atoms with Gasteiger partial charge < -0.3 is 18.4 Å². The van der Waals surface area contributed by atoms with Crippen LogP contribution in [0.25, 0.3) is 0 Å². The van der Waals surface area contributed by atoms with Gasteiger partial charge in [0.15, 0.2) is 0 Å². The second-order valence-corrected chi connectivity index (χ2v) is 5.37. The molecule has 0 aromatic rings. The van der Waals surface area contributed by atoms with Gasteiger partial charge in [-0.3, -0.25) is 0 Å². The lowest BCUT2D eigenvalue weighted by Gasteiger charge is -2.27. The van der Waals surface area contributed by atoms with Gasteiger partial charge >= 0.3 is 8.80 Å². The van der Waals surface area contributed by atoms with E-state index in [2.05, 4.69) is 6.07 Å². The van der Waals surface area contributed by atoms with Gasteiger partial charge in [-0.25, -0.2) is 0 Å². The summed E-state index contributed by atoms with van der Waals surface area (Å²) in [6.07, 6.45) is 0.423. The van der Waals surface area contributed by atoms with Crippen molar-refractivity contribution < 1.29 is 18.4 Å². The van der Waals surface area contributed by atoms with Gasteiger partial charge in [0.2, 0.25) is 0 Å². The number of nitrogens with zero attached hydrogens (tertiary/aromatic N) is 1. The predicted octanol–water partition coefficient (Wildman–Crippen LogP) is 1.56. The Hall–Kier alpha value is -0.453. The predicted molar refractivity (Wildman–Crippen MR) is 63.8 cm³/mol. The number of rotatable bonds is 8. The van der Waals surface area contributed by atoms with Crippen molar-refractivity contribution in [1.82, 2.24) is 0 Å². The topological polar surface area (TPSA) is 71.7 Å². The van der Waals surface area contributed by atoms with Gasteiger partial charge in [-0.1, -0.05) is 0 Å². The summed E-state index contributed by atoms with van der Waals surface area (Å²) >= 11 is 0. The van der Waals surface area contributed by atoms with Gasteiger partial charge in [0, 0.05) is 39.4 Å². The van der Waals surface area contributed by atoms with E-state index in [4.69, 9.17) is 23.6 Å². The van der Waals surface area contributed by atoms with Gasteiger partial charge in [0.25, 0.3) is 0 Å². The van der Waals surface area contributed by atoms with Crippen LogP contribution < -0.4 is 0 Å². The van der Waals surface area contributed by atoms with Crippen molar-refractivity contribution in [2.24, 2.45) is 0 Å². The van der Waals surface area contributed by atoms with Crippen LogP contribution in [0.5, 0.6) is 0 Å². The molecule has 0 amide bonds. The Balaban J connectivity index is 0. The minimum atomic E-state index is -2.54. The molecule has 0 saturated carbocycles. The standard InChI is InChI=1S/C9H19NO3Si.CH4O/c1-4-11-14(12-5-2,13-6-3)9-7-8-10;1-2/h4-7,9H2,1-3H3;2H,1H3. The fraction of sp³-hybridized carbons (Fsp3) is 0.900. The highest BCUT2D eigenvalue weighted by Crippen LogP contribution is 2.17. The van der Waals surface area contributed by atoms with Crippen LogP contribution in [0.1, 0.15) is 27.2 Å². The van der Waals surface area contributed by atoms with Gasteiger partial charge in [0.05, 0.1) is 6.07 Å². The maximum atomic E-state index is 8.54. The number of nitriles is 1. The number of aliphatic hydroxyl groups is 1.